The van der Waals surface area contributed by atoms with Gasteiger partial charge in [-0.05, 0) is 34.4 Å². The zero-order valence-corrected chi connectivity index (χ0v) is 30.3. The quantitative estimate of drug-likeness (QED) is 0.118. The van der Waals surface area contributed by atoms with Gasteiger partial charge < -0.3 is 30.2 Å². The summed E-state index contributed by atoms with van der Waals surface area (Å²) in [5, 5.41) is 6.06. The van der Waals surface area contributed by atoms with E-state index >= 15 is 0 Å². The molecule has 0 saturated carbocycles. The summed E-state index contributed by atoms with van der Waals surface area (Å²) in [6.07, 6.45) is 3.56. The fourth-order valence-electron chi connectivity index (χ4n) is 5.91. The molecule has 1 unspecified atom stereocenters. The Hall–Kier alpha value is -5.90. The number of rotatable bonds is 16. The molecule has 0 radical (unpaired) electrons. The molecule has 0 aliphatic carbocycles. The number of benzene rings is 4. The number of aromatic amines is 1. The Balaban J connectivity index is 1.35. The van der Waals surface area contributed by atoms with Gasteiger partial charge in [0.15, 0.2) is 0 Å². The van der Waals surface area contributed by atoms with Gasteiger partial charge in [0.1, 0.15) is 24.4 Å². The molecule has 0 saturated heterocycles. The Labute approximate surface area is 306 Å². The number of urea groups is 1. The first-order valence-corrected chi connectivity index (χ1v) is 17.5. The minimum atomic E-state index is -0.971. The van der Waals surface area contributed by atoms with Crippen molar-refractivity contribution in [3.8, 4) is 5.75 Å². The minimum absolute atomic E-state index is 0.164. The van der Waals surface area contributed by atoms with Crippen LogP contribution in [0.25, 0.3) is 0 Å². The van der Waals surface area contributed by atoms with Crippen molar-refractivity contribution in [3.63, 3.8) is 0 Å². The van der Waals surface area contributed by atoms with Crippen molar-refractivity contribution >= 4 is 17.8 Å². The number of hydrogen-bond donors (Lipinski definition) is 3. The van der Waals surface area contributed by atoms with Gasteiger partial charge in [-0.1, -0.05) is 117 Å². The van der Waals surface area contributed by atoms with Gasteiger partial charge in [-0.2, -0.15) is 0 Å². The summed E-state index contributed by atoms with van der Waals surface area (Å²) in [4.78, 5) is 52.1. The molecule has 0 aliphatic heterocycles. The van der Waals surface area contributed by atoms with E-state index in [2.05, 4.69) is 34.4 Å². The van der Waals surface area contributed by atoms with Crippen LogP contribution >= 0.6 is 0 Å². The maximum atomic E-state index is 14.4. The first-order valence-electron chi connectivity index (χ1n) is 17.5. The van der Waals surface area contributed by atoms with E-state index in [0.29, 0.717) is 31.1 Å². The number of ether oxygens (including phenoxy) is 1. The standard InChI is InChI=1S/C42H48N6O4/c1-42(2,34-18-12-7-13-19-34)29-44-39(49)38(24-31-20-22-36(23-21-31)52-28-33-16-10-6-11-17-33)48(4)40(50)37(25-35-26-43-30-45-35)46-41(51)47(3)27-32-14-8-5-9-15-32/h5-23,26,30,37-38H,24-25,27-29H2,1-4H3,(H,43,45)(H,44,49)(H,46,51)/t37-,38?/m0/s1. The third-order valence-corrected chi connectivity index (χ3v) is 9.16. The SMILES string of the molecule is CN(Cc1ccccc1)C(=O)N[C@@H](Cc1cnc[nH]1)C(=O)N(C)C(Cc1ccc(OCc2ccccc2)cc1)C(=O)NCC(C)(C)c1ccccc1. The molecule has 5 rings (SSSR count). The number of hydrogen-bond acceptors (Lipinski definition) is 5. The van der Waals surface area contributed by atoms with Gasteiger partial charge in [-0.3, -0.25) is 9.59 Å². The molecule has 2 atom stereocenters. The van der Waals surface area contributed by atoms with E-state index in [9.17, 15) is 14.4 Å². The third kappa shape index (κ3) is 10.6. The van der Waals surface area contributed by atoms with Gasteiger partial charge in [-0.15, -0.1) is 0 Å². The number of amides is 4. The number of imidazole rings is 1. The fourth-order valence-corrected chi connectivity index (χ4v) is 5.91. The molecule has 0 aliphatic rings. The fraction of sp³-hybridized carbons (Fsp3) is 0.286. The van der Waals surface area contributed by atoms with Gasteiger partial charge in [0.05, 0.1) is 6.33 Å². The first-order chi connectivity index (χ1) is 25.1. The molecule has 0 fully saturated rings. The molecule has 4 amide bonds. The Morgan fingerprint density at radius 1 is 0.788 bits per heavy atom. The normalized spacial score (nSPS) is 12.3. The summed E-state index contributed by atoms with van der Waals surface area (Å²) in [6, 6.07) is 34.9. The average molecular weight is 701 g/mol. The highest BCUT2D eigenvalue weighted by Crippen LogP contribution is 2.23. The van der Waals surface area contributed by atoms with Crippen molar-refractivity contribution in [2.45, 2.75) is 57.3 Å². The second kappa shape index (κ2) is 17.8. The second-order valence-electron chi connectivity index (χ2n) is 13.7. The molecule has 1 aromatic heterocycles. The van der Waals surface area contributed by atoms with Crippen LogP contribution < -0.4 is 15.4 Å². The van der Waals surface area contributed by atoms with E-state index in [1.165, 1.54) is 16.1 Å². The average Bonchev–Trinajstić information content (AvgIpc) is 3.69. The lowest BCUT2D eigenvalue weighted by Gasteiger charge is -2.33. The van der Waals surface area contributed by atoms with Gasteiger partial charge in [-0.25, -0.2) is 9.78 Å². The number of likely N-dealkylation sites (N-methyl/N-ethyl adjacent to an activating group) is 1. The summed E-state index contributed by atoms with van der Waals surface area (Å²) in [6.45, 7) is 5.30. The van der Waals surface area contributed by atoms with E-state index in [-0.39, 0.29) is 24.2 Å². The molecule has 3 N–H and O–H groups in total. The summed E-state index contributed by atoms with van der Waals surface area (Å²) >= 11 is 0. The predicted octanol–water partition coefficient (Wildman–Crippen LogP) is 5.91. The number of aromatic nitrogens is 2. The molecule has 4 aromatic carbocycles. The van der Waals surface area contributed by atoms with Crippen molar-refractivity contribution in [2.75, 3.05) is 20.6 Å². The van der Waals surface area contributed by atoms with Crippen LogP contribution in [0.3, 0.4) is 0 Å². The maximum absolute atomic E-state index is 14.4. The lowest BCUT2D eigenvalue weighted by molar-refractivity contribution is -0.140. The minimum Gasteiger partial charge on any atom is -0.489 e. The molecule has 5 aromatic rings. The van der Waals surface area contributed by atoms with Crippen LogP contribution in [0.1, 0.15) is 41.8 Å². The molecular weight excluding hydrogens is 652 g/mol. The topological polar surface area (TPSA) is 120 Å². The smallest absolute Gasteiger partial charge is 0.318 e. The number of nitrogens with zero attached hydrogens (tertiary/aromatic N) is 3. The lowest BCUT2D eigenvalue weighted by atomic mass is 9.84. The molecule has 0 spiro atoms. The van der Waals surface area contributed by atoms with Crippen LogP contribution in [0.4, 0.5) is 4.79 Å². The monoisotopic (exact) mass is 700 g/mol. The molecule has 270 valence electrons. The highest BCUT2D eigenvalue weighted by Gasteiger charge is 2.34. The van der Waals surface area contributed by atoms with Crippen molar-refractivity contribution in [3.05, 3.63) is 156 Å². The molecular formula is C42H48N6O4. The summed E-state index contributed by atoms with van der Waals surface area (Å²) in [5.74, 6) is 0.00280. The van der Waals surface area contributed by atoms with Crippen molar-refractivity contribution in [1.82, 2.24) is 30.4 Å². The molecule has 52 heavy (non-hydrogen) atoms. The van der Waals surface area contributed by atoms with Gasteiger partial charge in [0.2, 0.25) is 11.8 Å². The van der Waals surface area contributed by atoms with Crippen LogP contribution in [-0.4, -0.2) is 70.3 Å². The van der Waals surface area contributed by atoms with Crippen molar-refractivity contribution < 1.29 is 19.1 Å². The van der Waals surface area contributed by atoms with Gasteiger partial charge >= 0.3 is 6.03 Å². The molecule has 10 nitrogen and oxygen atoms in total. The Morgan fingerprint density at radius 2 is 1.40 bits per heavy atom. The number of H-pyrrole nitrogens is 1. The largest absolute Gasteiger partial charge is 0.489 e. The lowest BCUT2D eigenvalue weighted by Crippen LogP contribution is -2.57. The van der Waals surface area contributed by atoms with Gasteiger partial charge in [0.25, 0.3) is 0 Å². The molecule has 0 bridgehead atoms. The second-order valence-corrected chi connectivity index (χ2v) is 13.7. The van der Waals surface area contributed by atoms with E-state index in [0.717, 1.165) is 22.3 Å². The zero-order valence-electron chi connectivity index (χ0n) is 30.3. The summed E-state index contributed by atoms with van der Waals surface area (Å²) < 4.78 is 5.98. The highest BCUT2D eigenvalue weighted by molar-refractivity contribution is 5.92. The Kier molecular flexibility index (Phi) is 12.8. The van der Waals surface area contributed by atoms with Crippen molar-refractivity contribution in [1.29, 1.82) is 0 Å². The molecule has 1 heterocycles. The predicted molar refractivity (Wildman–Crippen MR) is 202 cm³/mol. The van der Waals surface area contributed by atoms with Crippen molar-refractivity contribution in [2.24, 2.45) is 0 Å². The van der Waals surface area contributed by atoms with E-state index in [1.807, 2.05) is 115 Å². The van der Waals surface area contributed by atoms with E-state index in [4.69, 9.17) is 4.74 Å². The number of carbonyl (C=O) groups is 3. The third-order valence-electron chi connectivity index (χ3n) is 9.16. The number of carbonyl (C=O) groups excluding carboxylic acids is 3. The highest BCUT2D eigenvalue weighted by atomic mass is 16.5. The van der Waals surface area contributed by atoms with E-state index in [1.54, 1.807) is 20.3 Å². The molecule has 10 heteroatoms. The first kappa shape index (κ1) is 37.4. The van der Waals surface area contributed by atoms with Gasteiger partial charge in [0, 0.05) is 57.3 Å². The van der Waals surface area contributed by atoms with E-state index < -0.39 is 24.0 Å². The number of nitrogens with one attached hydrogen (secondary N) is 3. The maximum Gasteiger partial charge on any atom is 0.318 e. The summed E-state index contributed by atoms with van der Waals surface area (Å²) in [7, 11) is 3.30. The van der Waals surface area contributed by atoms with Crippen LogP contribution in [0.15, 0.2) is 128 Å². The van der Waals surface area contributed by atoms with Crippen LogP contribution in [-0.2, 0) is 41.0 Å². The zero-order chi connectivity index (χ0) is 36.9. The van der Waals surface area contributed by atoms with Crippen LogP contribution in [0.2, 0.25) is 0 Å². The van der Waals surface area contributed by atoms with Crippen LogP contribution in [0.5, 0.6) is 5.75 Å². The summed E-state index contributed by atoms with van der Waals surface area (Å²) in [5.41, 5.74) is 4.28. The Morgan fingerprint density at radius 3 is 2.02 bits per heavy atom. The Bertz CT molecular complexity index is 1850. The van der Waals surface area contributed by atoms with Crippen LogP contribution in [0, 0.1) is 0 Å².